The summed E-state index contributed by atoms with van der Waals surface area (Å²) in [6.45, 7) is 2.69. The van der Waals surface area contributed by atoms with Crippen LogP contribution >= 0.6 is 0 Å². The molecule has 19 heavy (non-hydrogen) atoms. The first kappa shape index (κ1) is 13.5. The molecule has 5 nitrogen and oxygen atoms in total. The Labute approximate surface area is 111 Å². The van der Waals surface area contributed by atoms with Gasteiger partial charge in [0.2, 0.25) is 0 Å². The van der Waals surface area contributed by atoms with Gasteiger partial charge in [-0.05, 0) is 13.0 Å². The number of methoxy groups -OCH3 is 1. The molecule has 2 N–H and O–H groups in total. The van der Waals surface area contributed by atoms with Gasteiger partial charge in [0.25, 0.3) is 0 Å². The van der Waals surface area contributed by atoms with Gasteiger partial charge >= 0.3 is 0 Å². The highest BCUT2D eigenvalue weighted by molar-refractivity contribution is 5.31. The summed E-state index contributed by atoms with van der Waals surface area (Å²) in [4.78, 5) is 4.14. The van der Waals surface area contributed by atoms with E-state index >= 15 is 0 Å². The van der Waals surface area contributed by atoms with Gasteiger partial charge in [-0.1, -0.05) is 6.07 Å². The zero-order valence-electron chi connectivity index (χ0n) is 11.0. The van der Waals surface area contributed by atoms with E-state index in [-0.39, 0.29) is 5.82 Å². The van der Waals surface area contributed by atoms with E-state index in [1.54, 1.807) is 16.8 Å². The van der Waals surface area contributed by atoms with E-state index in [0.717, 1.165) is 5.82 Å². The Bertz CT molecular complexity index is 555. The van der Waals surface area contributed by atoms with Crippen LogP contribution in [0.5, 0.6) is 5.75 Å². The number of rotatable bonds is 5. The number of nitrogens with zero attached hydrogens (tertiary/aromatic N) is 3. The van der Waals surface area contributed by atoms with E-state index in [0.29, 0.717) is 24.3 Å². The van der Waals surface area contributed by atoms with Gasteiger partial charge in [-0.2, -0.15) is 5.10 Å². The Balaban J connectivity index is 2.18. The number of hydrogen-bond acceptors (Lipinski definition) is 4. The standard InChI is InChI=1S/C13H17FN4O/c1-3-18-13(16-8-17-18)7-12(15)10-5-4-9(19-2)6-11(10)14/h4-6,8,12H,3,7,15H2,1-2H3. The quantitative estimate of drug-likeness (QED) is 0.892. The summed E-state index contributed by atoms with van der Waals surface area (Å²) in [6.07, 6.45) is 1.92. The maximum absolute atomic E-state index is 13.9. The van der Waals surface area contributed by atoms with Gasteiger partial charge in [0.15, 0.2) is 0 Å². The molecule has 0 saturated carbocycles. The van der Waals surface area contributed by atoms with E-state index in [9.17, 15) is 4.39 Å². The average molecular weight is 264 g/mol. The molecule has 0 saturated heterocycles. The number of aromatic nitrogens is 3. The zero-order chi connectivity index (χ0) is 13.8. The average Bonchev–Trinajstić information content (AvgIpc) is 2.85. The molecule has 102 valence electrons. The highest BCUT2D eigenvalue weighted by Gasteiger charge is 2.15. The third kappa shape index (κ3) is 2.90. The smallest absolute Gasteiger partial charge is 0.138 e. The largest absolute Gasteiger partial charge is 0.497 e. The lowest BCUT2D eigenvalue weighted by Crippen LogP contribution is -2.18. The minimum Gasteiger partial charge on any atom is -0.497 e. The van der Waals surface area contributed by atoms with Crippen LogP contribution in [0.2, 0.25) is 0 Å². The lowest BCUT2D eigenvalue weighted by molar-refractivity contribution is 0.410. The van der Waals surface area contributed by atoms with Crippen molar-refractivity contribution in [3.05, 3.63) is 41.7 Å². The first-order valence-corrected chi connectivity index (χ1v) is 6.11. The minimum absolute atomic E-state index is 0.366. The highest BCUT2D eigenvalue weighted by Crippen LogP contribution is 2.22. The van der Waals surface area contributed by atoms with Crippen molar-refractivity contribution in [3.63, 3.8) is 0 Å². The summed E-state index contributed by atoms with van der Waals surface area (Å²) in [7, 11) is 1.50. The number of benzene rings is 1. The molecule has 1 aromatic carbocycles. The molecular weight excluding hydrogens is 247 g/mol. The van der Waals surface area contributed by atoms with Crippen LogP contribution in [0.1, 0.15) is 24.4 Å². The molecule has 0 amide bonds. The van der Waals surface area contributed by atoms with Crippen molar-refractivity contribution in [2.24, 2.45) is 5.73 Å². The van der Waals surface area contributed by atoms with Crippen LogP contribution in [0, 0.1) is 5.82 Å². The summed E-state index contributed by atoms with van der Waals surface area (Å²) < 4.78 is 20.6. The molecule has 0 bridgehead atoms. The third-order valence-corrected chi connectivity index (χ3v) is 3.00. The van der Waals surface area contributed by atoms with E-state index in [1.165, 1.54) is 19.5 Å². The molecule has 0 aliphatic heterocycles. The Hall–Kier alpha value is -1.95. The molecule has 0 aliphatic carbocycles. The molecule has 1 unspecified atom stereocenters. The topological polar surface area (TPSA) is 66.0 Å². The van der Waals surface area contributed by atoms with Crippen LogP contribution < -0.4 is 10.5 Å². The van der Waals surface area contributed by atoms with Gasteiger partial charge in [-0.3, -0.25) is 4.68 Å². The van der Waals surface area contributed by atoms with Crippen LogP contribution in [0.25, 0.3) is 0 Å². The second-order valence-electron chi connectivity index (χ2n) is 4.19. The Morgan fingerprint density at radius 1 is 1.47 bits per heavy atom. The van der Waals surface area contributed by atoms with Crippen LogP contribution in [-0.4, -0.2) is 21.9 Å². The van der Waals surface area contributed by atoms with E-state index < -0.39 is 6.04 Å². The molecule has 1 aromatic heterocycles. The number of ether oxygens (including phenoxy) is 1. The Kier molecular flexibility index (Phi) is 4.11. The Morgan fingerprint density at radius 3 is 2.89 bits per heavy atom. The van der Waals surface area contributed by atoms with Gasteiger partial charge in [-0.15, -0.1) is 0 Å². The predicted octanol–water partition coefficient (Wildman–Crippen LogP) is 1.69. The summed E-state index contributed by atoms with van der Waals surface area (Å²) in [5.74, 6) is 0.866. The summed E-state index contributed by atoms with van der Waals surface area (Å²) >= 11 is 0. The second kappa shape index (κ2) is 5.79. The van der Waals surface area contributed by atoms with Crippen molar-refractivity contribution in [2.75, 3.05) is 7.11 Å². The third-order valence-electron chi connectivity index (χ3n) is 3.00. The van der Waals surface area contributed by atoms with Crippen LogP contribution in [0.15, 0.2) is 24.5 Å². The maximum Gasteiger partial charge on any atom is 0.138 e. The van der Waals surface area contributed by atoms with Gasteiger partial charge in [-0.25, -0.2) is 9.37 Å². The molecule has 0 spiro atoms. The monoisotopic (exact) mass is 264 g/mol. The van der Waals surface area contributed by atoms with Crippen LogP contribution in [-0.2, 0) is 13.0 Å². The van der Waals surface area contributed by atoms with Crippen molar-refractivity contribution < 1.29 is 9.13 Å². The van der Waals surface area contributed by atoms with Crippen LogP contribution in [0.4, 0.5) is 4.39 Å². The molecule has 0 fully saturated rings. The van der Waals surface area contributed by atoms with Gasteiger partial charge in [0.1, 0.15) is 23.7 Å². The fraction of sp³-hybridized carbons (Fsp3) is 0.385. The normalized spacial score (nSPS) is 12.4. The van der Waals surface area contributed by atoms with Crippen molar-refractivity contribution in [3.8, 4) is 5.75 Å². The van der Waals surface area contributed by atoms with Crippen molar-refractivity contribution >= 4 is 0 Å². The first-order valence-electron chi connectivity index (χ1n) is 6.11. The zero-order valence-corrected chi connectivity index (χ0v) is 11.0. The molecule has 2 rings (SSSR count). The summed E-state index contributed by atoms with van der Waals surface area (Å²) in [6, 6.07) is 4.22. The van der Waals surface area contributed by atoms with Crippen molar-refractivity contribution in [2.45, 2.75) is 25.9 Å². The number of halogens is 1. The van der Waals surface area contributed by atoms with Gasteiger partial charge in [0.05, 0.1) is 7.11 Å². The molecule has 0 radical (unpaired) electrons. The van der Waals surface area contributed by atoms with Gasteiger partial charge in [0, 0.05) is 30.6 Å². The number of nitrogens with two attached hydrogens (primary N) is 1. The molecule has 0 aliphatic rings. The van der Waals surface area contributed by atoms with E-state index in [1.807, 2.05) is 6.92 Å². The number of aryl methyl sites for hydroxylation is 1. The molecule has 2 aromatic rings. The van der Waals surface area contributed by atoms with Crippen LogP contribution in [0.3, 0.4) is 0 Å². The summed E-state index contributed by atoms with van der Waals surface area (Å²) in [5, 5.41) is 4.07. The fourth-order valence-electron chi connectivity index (χ4n) is 1.95. The predicted molar refractivity (Wildman–Crippen MR) is 69.3 cm³/mol. The minimum atomic E-state index is -0.458. The lowest BCUT2D eigenvalue weighted by Gasteiger charge is -2.13. The maximum atomic E-state index is 13.9. The van der Waals surface area contributed by atoms with E-state index in [2.05, 4.69) is 10.1 Å². The van der Waals surface area contributed by atoms with Crippen molar-refractivity contribution in [1.29, 1.82) is 0 Å². The molecular formula is C13H17FN4O. The van der Waals surface area contributed by atoms with Gasteiger partial charge < -0.3 is 10.5 Å². The lowest BCUT2D eigenvalue weighted by atomic mass is 10.0. The molecule has 1 atom stereocenters. The van der Waals surface area contributed by atoms with E-state index in [4.69, 9.17) is 10.5 Å². The second-order valence-corrected chi connectivity index (χ2v) is 4.19. The first-order chi connectivity index (χ1) is 9.15. The molecule has 6 heteroatoms. The molecule has 1 heterocycles. The highest BCUT2D eigenvalue weighted by atomic mass is 19.1. The number of hydrogen-bond donors (Lipinski definition) is 1. The summed E-state index contributed by atoms with van der Waals surface area (Å²) in [5.41, 5.74) is 6.49. The SMILES string of the molecule is CCn1ncnc1CC(N)c1ccc(OC)cc1F. The fourth-order valence-corrected chi connectivity index (χ4v) is 1.95. The van der Waals surface area contributed by atoms with Crippen molar-refractivity contribution in [1.82, 2.24) is 14.8 Å². The Morgan fingerprint density at radius 2 is 2.26 bits per heavy atom.